The number of benzene rings is 1. The second kappa shape index (κ2) is 5.05. The highest BCUT2D eigenvalue weighted by Crippen LogP contribution is 2.36. The molecule has 2 aliphatic rings. The minimum atomic E-state index is -4.64. The molecule has 0 radical (unpaired) electrons. The van der Waals surface area contributed by atoms with Crippen molar-refractivity contribution < 1.29 is 18.0 Å². The lowest BCUT2D eigenvalue weighted by molar-refractivity contribution is -0.137. The Bertz CT molecular complexity index is 690. The number of nitriles is 1. The van der Waals surface area contributed by atoms with E-state index in [1.807, 2.05) is 12.2 Å². The molecule has 1 saturated heterocycles. The molecule has 1 aromatic carbocycles. The van der Waals surface area contributed by atoms with Crippen LogP contribution in [-0.4, -0.2) is 18.1 Å². The van der Waals surface area contributed by atoms with Crippen LogP contribution in [0.25, 0.3) is 0 Å². The first kappa shape index (κ1) is 14.4. The van der Waals surface area contributed by atoms with Crippen molar-refractivity contribution in [1.82, 2.24) is 5.32 Å². The number of hydrogen-bond acceptors (Lipinski definition) is 2. The van der Waals surface area contributed by atoms with Crippen molar-refractivity contribution in [3.8, 4) is 6.07 Å². The van der Waals surface area contributed by atoms with Crippen molar-refractivity contribution in [3.05, 3.63) is 41.5 Å². The van der Waals surface area contributed by atoms with E-state index in [4.69, 9.17) is 5.26 Å². The molecule has 22 heavy (non-hydrogen) atoms. The molecule has 0 bridgehead atoms. The number of hydrogen-bond donors (Lipinski definition) is 1. The van der Waals surface area contributed by atoms with Crippen molar-refractivity contribution in [1.29, 1.82) is 5.26 Å². The monoisotopic (exact) mass is 307 g/mol. The number of rotatable bonds is 1. The Kier molecular flexibility index (Phi) is 3.32. The Labute approximate surface area is 124 Å². The average molecular weight is 307 g/mol. The Morgan fingerprint density at radius 2 is 2.00 bits per heavy atom. The topological polar surface area (TPSA) is 56.1 Å². The van der Waals surface area contributed by atoms with Crippen LogP contribution in [-0.2, 0) is 6.18 Å². The van der Waals surface area contributed by atoms with E-state index in [2.05, 4.69) is 5.32 Å². The van der Waals surface area contributed by atoms with Gasteiger partial charge in [0.25, 0.3) is 0 Å². The van der Waals surface area contributed by atoms with Gasteiger partial charge in [-0.25, -0.2) is 4.79 Å². The summed E-state index contributed by atoms with van der Waals surface area (Å²) >= 11 is 0. The van der Waals surface area contributed by atoms with Crippen molar-refractivity contribution in [2.24, 2.45) is 0 Å². The van der Waals surface area contributed by atoms with Crippen molar-refractivity contribution in [3.63, 3.8) is 0 Å². The zero-order chi connectivity index (χ0) is 15.9. The Morgan fingerprint density at radius 3 is 2.68 bits per heavy atom. The smallest absolute Gasteiger partial charge is 0.333 e. The van der Waals surface area contributed by atoms with Crippen LogP contribution < -0.4 is 10.2 Å². The fourth-order valence-corrected chi connectivity index (χ4v) is 2.94. The molecule has 0 saturated carbocycles. The number of nitrogens with one attached hydrogen (secondary N) is 1. The van der Waals surface area contributed by atoms with E-state index in [0.717, 1.165) is 12.1 Å². The van der Waals surface area contributed by atoms with Gasteiger partial charge in [-0.15, -0.1) is 0 Å². The Balaban J connectivity index is 2.03. The van der Waals surface area contributed by atoms with E-state index in [0.29, 0.717) is 12.8 Å². The van der Waals surface area contributed by atoms with Crippen LogP contribution in [0.1, 0.15) is 24.0 Å². The van der Waals surface area contributed by atoms with E-state index in [9.17, 15) is 18.0 Å². The third kappa shape index (κ3) is 2.30. The summed E-state index contributed by atoms with van der Waals surface area (Å²) in [7, 11) is 0. The molecule has 1 fully saturated rings. The lowest BCUT2D eigenvalue weighted by atomic mass is 9.96. The van der Waals surface area contributed by atoms with Gasteiger partial charge in [0.05, 0.1) is 29.3 Å². The number of urea groups is 1. The number of carbonyl (C=O) groups is 1. The van der Waals surface area contributed by atoms with E-state index in [-0.39, 0.29) is 17.8 Å². The van der Waals surface area contributed by atoms with Crippen molar-refractivity contribution >= 4 is 11.7 Å². The number of fused-ring (bicyclic) bond motifs is 1. The quantitative estimate of drug-likeness (QED) is 0.810. The van der Waals surface area contributed by atoms with Gasteiger partial charge >= 0.3 is 12.2 Å². The lowest BCUT2D eigenvalue weighted by Crippen LogP contribution is -2.37. The van der Waals surface area contributed by atoms with E-state index >= 15 is 0 Å². The number of alkyl halides is 3. The minimum Gasteiger partial charge on any atom is -0.333 e. The summed E-state index contributed by atoms with van der Waals surface area (Å²) in [6.45, 7) is 0. The van der Waals surface area contributed by atoms with Gasteiger partial charge < -0.3 is 5.32 Å². The maximum Gasteiger partial charge on any atom is 0.417 e. The minimum absolute atomic E-state index is 0.0949. The molecule has 1 heterocycles. The largest absolute Gasteiger partial charge is 0.417 e. The highest BCUT2D eigenvalue weighted by Gasteiger charge is 2.41. The van der Waals surface area contributed by atoms with Crippen LogP contribution in [0, 0.1) is 11.3 Å². The first-order valence-electron chi connectivity index (χ1n) is 6.78. The molecule has 114 valence electrons. The highest BCUT2D eigenvalue weighted by molar-refractivity contribution is 5.96. The van der Waals surface area contributed by atoms with Gasteiger partial charge in [0.1, 0.15) is 0 Å². The normalized spacial score (nSPS) is 23.9. The summed E-state index contributed by atoms with van der Waals surface area (Å²) in [5.41, 5.74) is -1.31. The van der Waals surface area contributed by atoms with Gasteiger partial charge in [0, 0.05) is 5.69 Å². The summed E-state index contributed by atoms with van der Waals surface area (Å²) in [5, 5.41) is 11.6. The summed E-state index contributed by atoms with van der Waals surface area (Å²) in [6, 6.07) is 4.20. The molecular weight excluding hydrogens is 295 g/mol. The number of nitrogens with zero attached hydrogens (tertiary/aromatic N) is 2. The fraction of sp³-hybridized carbons (Fsp3) is 0.333. The maximum atomic E-state index is 13.1. The van der Waals surface area contributed by atoms with Crippen LogP contribution in [0.2, 0.25) is 0 Å². The third-order valence-electron chi connectivity index (χ3n) is 3.97. The molecule has 0 unspecified atom stereocenters. The van der Waals surface area contributed by atoms with Gasteiger partial charge in [0.2, 0.25) is 0 Å². The van der Waals surface area contributed by atoms with E-state index in [1.54, 1.807) is 0 Å². The molecular formula is C15H12F3N3O. The number of carbonyl (C=O) groups excluding carboxylic acids is 1. The fourth-order valence-electron chi connectivity index (χ4n) is 2.94. The highest BCUT2D eigenvalue weighted by atomic mass is 19.4. The van der Waals surface area contributed by atoms with Crippen molar-refractivity contribution in [2.75, 3.05) is 4.90 Å². The molecule has 1 aliphatic heterocycles. The van der Waals surface area contributed by atoms with Crippen LogP contribution in [0.4, 0.5) is 23.7 Å². The van der Waals surface area contributed by atoms with Gasteiger partial charge in [-0.1, -0.05) is 12.2 Å². The third-order valence-corrected chi connectivity index (χ3v) is 3.97. The molecule has 3 rings (SSSR count). The number of amides is 2. The SMILES string of the molecule is N#Cc1ccc(N2C(=O)N[C@H]3CC=CC[C@@H]32)cc1C(F)(F)F. The summed E-state index contributed by atoms with van der Waals surface area (Å²) in [6.07, 6.45) is 0.483. The van der Waals surface area contributed by atoms with Crippen LogP contribution >= 0.6 is 0 Å². The summed E-state index contributed by atoms with van der Waals surface area (Å²) < 4.78 is 39.2. The van der Waals surface area contributed by atoms with E-state index in [1.165, 1.54) is 17.0 Å². The van der Waals surface area contributed by atoms with Crippen LogP contribution in [0.3, 0.4) is 0 Å². The van der Waals surface area contributed by atoms with Gasteiger partial charge in [-0.2, -0.15) is 18.4 Å². The molecule has 7 heteroatoms. The maximum absolute atomic E-state index is 13.1. The predicted molar refractivity (Wildman–Crippen MR) is 73.1 cm³/mol. The summed E-state index contributed by atoms with van der Waals surface area (Å²) in [5.74, 6) is 0. The molecule has 2 amide bonds. The molecule has 1 aliphatic carbocycles. The van der Waals surface area contributed by atoms with E-state index < -0.39 is 23.3 Å². The molecule has 1 N–H and O–H groups in total. The first-order valence-corrected chi connectivity index (χ1v) is 6.78. The second-order valence-corrected chi connectivity index (χ2v) is 5.28. The zero-order valence-electron chi connectivity index (χ0n) is 11.4. The summed E-state index contributed by atoms with van der Waals surface area (Å²) in [4.78, 5) is 13.4. The van der Waals surface area contributed by atoms with Crippen LogP contribution in [0.15, 0.2) is 30.4 Å². The number of anilines is 1. The lowest BCUT2D eigenvalue weighted by Gasteiger charge is -2.27. The molecule has 0 aromatic heterocycles. The van der Waals surface area contributed by atoms with Crippen molar-refractivity contribution in [2.45, 2.75) is 31.1 Å². The Morgan fingerprint density at radius 1 is 1.27 bits per heavy atom. The van der Waals surface area contributed by atoms with Gasteiger partial charge in [-0.05, 0) is 31.0 Å². The average Bonchev–Trinajstić information content (AvgIpc) is 2.81. The Hall–Kier alpha value is -2.49. The molecule has 2 atom stereocenters. The van der Waals surface area contributed by atoms with Gasteiger partial charge in [-0.3, -0.25) is 4.90 Å². The zero-order valence-corrected chi connectivity index (χ0v) is 11.4. The standard InChI is InChI=1S/C15H12F3N3O/c16-15(17,18)11-7-10(6-5-9(11)8-19)21-13-4-2-1-3-12(13)20-14(21)22/h1-2,5-7,12-13H,3-4H2,(H,20,22)/t12-,13-/m0/s1. The van der Waals surface area contributed by atoms with Gasteiger partial charge in [0.15, 0.2) is 0 Å². The molecule has 1 aromatic rings. The predicted octanol–water partition coefficient (Wildman–Crippen LogP) is 3.19. The van der Waals surface area contributed by atoms with Crippen LogP contribution in [0.5, 0.6) is 0 Å². The second-order valence-electron chi connectivity index (χ2n) is 5.28. The first-order chi connectivity index (χ1) is 10.4. The molecule has 4 nitrogen and oxygen atoms in total. The number of halogens is 3. The molecule has 0 spiro atoms.